The highest BCUT2D eigenvalue weighted by molar-refractivity contribution is 6.21. The van der Waals surface area contributed by atoms with E-state index in [0.29, 0.717) is 22.2 Å². The van der Waals surface area contributed by atoms with Crippen LogP contribution >= 0.6 is 0 Å². The van der Waals surface area contributed by atoms with E-state index in [0.717, 1.165) is 37.4 Å². The van der Waals surface area contributed by atoms with Gasteiger partial charge in [0.2, 0.25) is 5.95 Å². The number of nitro benzene ring substituents is 1. The van der Waals surface area contributed by atoms with Crippen molar-refractivity contribution in [2.45, 2.75) is 25.9 Å². The van der Waals surface area contributed by atoms with Crippen LogP contribution in [0.1, 0.15) is 39.1 Å². The first-order valence-electron chi connectivity index (χ1n) is 10.6. The van der Waals surface area contributed by atoms with Gasteiger partial charge in [0.15, 0.2) is 0 Å². The summed E-state index contributed by atoms with van der Waals surface area (Å²) in [6.45, 7) is 3.49. The summed E-state index contributed by atoms with van der Waals surface area (Å²) >= 11 is 0. The number of anilines is 1. The average Bonchev–Trinajstić information content (AvgIpc) is 3.29. The van der Waals surface area contributed by atoms with Crippen molar-refractivity contribution in [1.82, 2.24) is 14.9 Å². The monoisotopic (exact) mass is 451 g/mol. The highest BCUT2D eigenvalue weighted by Crippen LogP contribution is 2.29. The zero-order chi connectivity index (χ0) is 23.7. The number of ether oxygens (including phenoxy) is 1. The van der Waals surface area contributed by atoms with Crippen LogP contribution in [0.2, 0.25) is 0 Å². The molecule has 172 valence electrons. The molecular weight excluding hydrogens is 426 g/mol. The van der Waals surface area contributed by atoms with Gasteiger partial charge in [0, 0.05) is 38.9 Å². The van der Waals surface area contributed by atoms with E-state index in [-0.39, 0.29) is 28.5 Å². The number of nitrogens with zero attached hydrogens (tertiary/aromatic N) is 4. The summed E-state index contributed by atoms with van der Waals surface area (Å²) in [4.78, 5) is 39.4. The van der Waals surface area contributed by atoms with E-state index < -0.39 is 0 Å². The fourth-order valence-corrected chi connectivity index (χ4v) is 4.23. The lowest BCUT2D eigenvalue weighted by atomic mass is 10.1. The number of aryl methyl sites for hydroxylation is 2. The SMILES string of the molecule is COC1CCCN(c2nc3cc([N+](=O)[O-])c(C)cc3n2C)C1.O=C1NC(=O)c2ccccc21. The normalized spacial score (nSPS) is 17.4. The number of benzene rings is 2. The van der Waals surface area contributed by atoms with Gasteiger partial charge in [0.1, 0.15) is 0 Å². The zero-order valence-corrected chi connectivity index (χ0v) is 18.7. The van der Waals surface area contributed by atoms with Gasteiger partial charge >= 0.3 is 0 Å². The van der Waals surface area contributed by atoms with Crippen LogP contribution in [0.15, 0.2) is 36.4 Å². The number of amides is 2. The Kier molecular flexibility index (Phi) is 6.10. The number of rotatable bonds is 3. The molecule has 1 unspecified atom stereocenters. The molecular formula is C23H25N5O5. The third kappa shape index (κ3) is 4.29. The molecule has 0 spiro atoms. The second kappa shape index (κ2) is 8.99. The van der Waals surface area contributed by atoms with Crippen molar-refractivity contribution in [2.75, 3.05) is 25.1 Å². The topological polar surface area (TPSA) is 120 Å². The molecule has 3 aromatic rings. The third-order valence-electron chi connectivity index (χ3n) is 6.01. The van der Waals surface area contributed by atoms with E-state index in [1.54, 1.807) is 44.4 Å². The van der Waals surface area contributed by atoms with Gasteiger partial charge in [-0.1, -0.05) is 12.1 Å². The summed E-state index contributed by atoms with van der Waals surface area (Å²) in [7, 11) is 3.68. The van der Waals surface area contributed by atoms with Gasteiger partial charge in [-0.15, -0.1) is 0 Å². The molecule has 1 atom stereocenters. The first-order valence-corrected chi connectivity index (χ1v) is 10.6. The number of hydrogen-bond acceptors (Lipinski definition) is 7. The van der Waals surface area contributed by atoms with Gasteiger partial charge < -0.3 is 14.2 Å². The molecule has 1 saturated heterocycles. The fraction of sp³-hybridized carbons (Fsp3) is 0.348. The number of aromatic nitrogens is 2. The summed E-state index contributed by atoms with van der Waals surface area (Å²) < 4.78 is 7.46. The molecule has 0 saturated carbocycles. The molecule has 2 aliphatic rings. The van der Waals surface area contributed by atoms with E-state index in [1.807, 2.05) is 17.7 Å². The first kappa shape index (κ1) is 22.4. The number of carbonyl (C=O) groups is 2. The minimum atomic E-state index is -0.356. The quantitative estimate of drug-likeness (QED) is 0.369. The van der Waals surface area contributed by atoms with Crippen molar-refractivity contribution in [2.24, 2.45) is 7.05 Å². The maximum atomic E-state index is 11.1. The largest absolute Gasteiger partial charge is 0.380 e. The smallest absolute Gasteiger partial charge is 0.274 e. The number of piperidine rings is 1. The molecule has 3 heterocycles. The summed E-state index contributed by atoms with van der Waals surface area (Å²) in [5, 5.41) is 13.3. The molecule has 1 fully saturated rings. The molecule has 10 nitrogen and oxygen atoms in total. The molecule has 1 aromatic heterocycles. The lowest BCUT2D eigenvalue weighted by Gasteiger charge is -2.32. The third-order valence-corrected chi connectivity index (χ3v) is 6.01. The van der Waals surface area contributed by atoms with Crippen LogP contribution < -0.4 is 10.2 Å². The van der Waals surface area contributed by atoms with Gasteiger partial charge in [-0.25, -0.2) is 4.98 Å². The Morgan fingerprint density at radius 2 is 1.85 bits per heavy atom. The maximum Gasteiger partial charge on any atom is 0.274 e. The van der Waals surface area contributed by atoms with Crippen molar-refractivity contribution >= 4 is 34.5 Å². The summed E-state index contributed by atoms with van der Waals surface area (Å²) in [5.41, 5.74) is 3.29. The highest BCUT2D eigenvalue weighted by atomic mass is 16.6. The van der Waals surface area contributed by atoms with Crippen molar-refractivity contribution in [3.05, 3.63) is 63.2 Å². The second-order valence-corrected chi connectivity index (χ2v) is 8.13. The van der Waals surface area contributed by atoms with Crippen molar-refractivity contribution in [3.8, 4) is 0 Å². The number of methoxy groups -OCH3 is 1. The Bertz CT molecular complexity index is 1220. The van der Waals surface area contributed by atoms with Gasteiger partial charge in [0.05, 0.1) is 33.2 Å². The molecule has 2 aliphatic heterocycles. The van der Waals surface area contributed by atoms with Gasteiger partial charge in [0.25, 0.3) is 17.5 Å². The molecule has 33 heavy (non-hydrogen) atoms. The van der Waals surface area contributed by atoms with Crippen LogP contribution in [0.25, 0.3) is 11.0 Å². The van der Waals surface area contributed by atoms with Crippen molar-refractivity contribution in [1.29, 1.82) is 0 Å². The maximum absolute atomic E-state index is 11.1. The van der Waals surface area contributed by atoms with E-state index in [1.165, 1.54) is 0 Å². The van der Waals surface area contributed by atoms with Crippen LogP contribution in [0, 0.1) is 17.0 Å². The number of carbonyl (C=O) groups excluding carboxylic acids is 2. The Morgan fingerprint density at radius 1 is 1.18 bits per heavy atom. The Balaban J connectivity index is 0.000000196. The average molecular weight is 451 g/mol. The van der Waals surface area contributed by atoms with Crippen LogP contribution in [-0.4, -0.2) is 52.6 Å². The molecule has 10 heteroatoms. The predicted molar refractivity (Wildman–Crippen MR) is 123 cm³/mol. The summed E-state index contributed by atoms with van der Waals surface area (Å²) in [6.07, 6.45) is 2.33. The van der Waals surface area contributed by atoms with E-state index in [9.17, 15) is 19.7 Å². The Hall–Kier alpha value is -3.79. The first-order chi connectivity index (χ1) is 15.8. The lowest BCUT2D eigenvalue weighted by Crippen LogP contribution is -2.40. The standard InChI is InChI=1S/C15H20N4O3.C8H5NO2/c1-10-7-14-12(8-13(10)19(20)21)16-15(17(14)2)18-6-4-5-11(9-18)22-3;10-7-5-3-1-2-4-6(5)8(11)9-7/h7-8,11H,4-6,9H2,1-3H3;1-4H,(H,9,10,11). The van der Waals surface area contributed by atoms with E-state index in [2.05, 4.69) is 15.2 Å². The van der Waals surface area contributed by atoms with Crippen LogP contribution in [0.5, 0.6) is 0 Å². The molecule has 1 N–H and O–H groups in total. The number of imidazole rings is 1. The number of fused-ring (bicyclic) bond motifs is 2. The van der Waals surface area contributed by atoms with Crippen molar-refractivity contribution < 1.29 is 19.2 Å². The molecule has 0 radical (unpaired) electrons. The molecule has 2 amide bonds. The van der Waals surface area contributed by atoms with Crippen LogP contribution in [-0.2, 0) is 11.8 Å². The summed E-state index contributed by atoms with van der Waals surface area (Å²) in [6, 6.07) is 10.1. The van der Waals surface area contributed by atoms with Crippen molar-refractivity contribution in [3.63, 3.8) is 0 Å². The van der Waals surface area contributed by atoms with E-state index >= 15 is 0 Å². The predicted octanol–water partition coefficient (Wildman–Crippen LogP) is 2.98. The molecule has 0 aliphatic carbocycles. The second-order valence-electron chi connectivity index (χ2n) is 8.13. The minimum absolute atomic E-state index is 0.116. The molecule has 0 bridgehead atoms. The Labute approximate surface area is 190 Å². The van der Waals surface area contributed by atoms with Gasteiger partial charge in [-0.2, -0.15) is 0 Å². The van der Waals surface area contributed by atoms with Crippen LogP contribution in [0.4, 0.5) is 11.6 Å². The highest BCUT2D eigenvalue weighted by Gasteiger charge is 2.26. The van der Waals surface area contributed by atoms with Gasteiger partial charge in [-0.3, -0.25) is 25.0 Å². The Morgan fingerprint density at radius 3 is 2.45 bits per heavy atom. The zero-order valence-electron chi connectivity index (χ0n) is 18.7. The van der Waals surface area contributed by atoms with Crippen LogP contribution in [0.3, 0.4) is 0 Å². The minimum Gasteiger partial charge on any atom is -0.380 e. The summed E-state index contributed by atoms with van der Waals surface area (Å²) in [5.74, 6) is 0.243. The fourth-order valence-electron chi connectivity index (χ4n) is 4.23. The lowest BCUT2D eigenvalue weighted by molar-refractivity contribution is -0.385. The number of nitrogens with one attached hydrogen (secondary N) is 1. The number of imide groups is 1. The van der Waals surface area contributed by atoms with Gasteiger partial charge in [-0.05, 0) is 38.0 Å². The molecule has 5 rings (SSSR count). The number of nitro groups is 1. The van der Waals surface area contributed by atoms with E-state index in [4.69, 9.17) is 4.74 Å². The molecule has 2 aromatic carbocycles. The number of hydrogen-bond donors (Lipinski definition) is 1.